The second-order valence-electron chi connectivity index (χ2n) is 3.35. The van der Waals surface area contributed by atoms with Crippen molar-refractivity contribution in [1.29, 1.82) is 0 Å². The first-order chi connectivity index (χ1) is 7.76. The van der Waals surface area contributed by atoms with Crippen molar-refractivity contribution in [3.05, 3.63) is 35.4 Å². The van der Waals surface area contributed by atoms with Crippen LogP contribution in [0.1, 0.15) is 11.1 Å². The minimum absolute atomic E-state index is 0. The molecule has 6 heteroatoms. The van der Waals surface area contributed by atoms with Gasteiger partial charge in [-0.25, -0.2) is 5.43 Å². The predicted octanol–water partition coefficient (Wildman–Crippen LogP) is -0.483. The minimum atomic E-state index is -0.0689. The number of nitrogens with one attached hydrogen (secondary N) is 3. The number of benzene rings is 1. The Hall–Kier alpha value is -0.742. The number of amides is 1. The average molecular weight is 407 g/mol. The normalized spacial score (nSPS) is 9.53. The topological polar surface area (TPSA) is 73.4 Å². The van der Waals surface area contributed by atoms with Crippen molar-refractivity contribution in [2.45, 2.75) is 13.2 Å². The summed E-state index contributed by atoms with van der Waals surface area (Å²) in [7, 11) is 1.71. The van der Waals surface area contributed by atoms with Crippen LogP contribution in [0.15, 0.2) is 24.3 Å². The molecule has 1 amide bonds. The molecular weight excluding hydrogens is 390 g/mol. The summed E-state index contributed by atoms with van der Waals surface area (Å²) < 4.78 is 0. The predicted molar refractivity (Wildman–Crippen MR) is 61.3 cm³/mol. The van der Waals surface area contributed by atoms with E-state index in [4.69, 9.17) is 5.11 Å². The Morgan fingerprint density at radius 1 is 1.24 bits per heavy atom. The Morgan fingerprint density at radius 3 is 2.35 bits per heavy atom. The number of hydrogen-bond donors (Lipinski definition) is 4. The zero-order valence-electron chi connectivity index (χ0n) is 9.69. The fraction of sp³-hybridized carbons (Fsp3) is 0.364. The first kappa shape index (κ1) is 16.3. The van der Waals surface area contributed by atoms with E-state index >= 15 is 0 Å². The van der Waals surface area contributed by atoms with E-state index in [0.29, 0.717) is 6.54 Å². The summed E-state index contributed by atoms with van der Waals surface area (Å²) in [6, 6.07) is 7.45. The maximum Gasteiger partial charge on any atom is 0.235 e. The zero-order valence-corrected chi connectivity index (χ0v) is 12.6. The molecule has 1 rings (SSSR count). The molecule has 0 fully saturated rings. The molecule has 17 heavy (non-hydrogen) atoms. The van der Waals surface area contributed by atoms with Gasteiger partial charge in [-0.05, 0) is 18.2 Å². The number of carbonyl (C=O) groups excluding carboxylic acids is 1. The quantitative estimate of drug-likeness (QED) is 0.481. The van der Waals surface area contributed by atoms with Gasteiger partial charge in [0, 0.05) is 27.6 Å². The molecule has 0 radical (unpaired) electrons. The van der Waals surface area contributed by atoms with Crippen LogP contribution in [0.4, 0.5) is 0 Å². The van der Waals surface area contributed by atoms with E-state index in [-0.39, 0.29) is 40.1 Å². The van der Waals surface area contributed by atoms with Gasteiger partial charge < -0.3 is 10.4 Å². The number of hydrogen-bond acceptors (Lipinski definition) is 4. The molecule has 0 heterocycles. The Balaban J connectivity index is 0.00000256. The van der Waals surface area contributed by atoms with Gasteiger partial charge in [-0.15, -0.1) is 0 Å². The third-order valence-corrected chi connectivity index (χ3v) is 2.12. The summed E-state index contributed by atoms with van der Waals surface area (Å²) in [6.07, 6.45) is 0. The van der Waals surface area contributed by atoms with Crippen LogP contribution in [0.5, 0.6) is 0 Å². The number of aliphatic hydroxyl groups excluding tert-OH is 1. The summed E-state index contributed by atoms with van der Waals surface area (Å²) in [4.78, 5) is 11.2. The first-order valence-electron chi connectivity index (χ1n) is 5.11. The van der Waals surface area contributed by atoms with Gasteiger partial charge in [-0.3, -0.25) is 10.2 Å². The third-order valence-electron chi connectivity index (χ3n) is 2.12. The van der Waals surface area contributed by atoms with Gasteiger partial charge in [0.2, 0.25) is 5.91 Å². The molecule has 4 N–H and O–H groups in total. The van der Waals surface area contributed by atoms with Crippen LogP contribution in [0.25, 0.3) is 0 Å². The van der Waals surface area contributed by atoms with Crippen molar-refractivity contribution >= 4 is 5.91 Å². The molecule has 0 saturated carbocycles. The van der Waals surface area contributed by atoms with Gasteiger partial charge in [-0.1, -0.05) is 24.3 Å². The summed E-state index contributed by atoms with van der Waals surface area (Å²) in [5.41, 5.74) is 7.26. The maximum atomic E-state index is 11.2. The van der Waals surface area contributed by atoms with Gasteiger partial charge in [0.05, 0.1) is 13.2 Å². The average Bonchev–Trinajstić information content (AvgIpc) is 2.34. The Kier molecular flexibility index (Phi) is 8.90. The standard InChI is InChI=1S/C11H17N3O2.W/c1-12-14-7-11(16)13-6-9-2-4-10(8-15)5-3-9;/h2-5,12,14-15H,6-8H2,1H3,(H,13,16);. The van der Waals surface area contributed by atoms with Crippen LogP contribution in [0.2, 0.25) is 0 Å². The smallest absolute Gasteiger partial charge is 0.235 e. The number of rotatable bonds is 6. The molecule has 0 spiro atoms. The number of carbonyl (C=O) groups is 1. The number of hydrazine groups is 1. The van der Waals surface area contributed by atoms with Gasteiger partial charge in [-0.2, -0.15) is 0 Å². The largest absolute Gasteiger partial charge is 0.392 e. The first-order valence-corrected chi connectivity index (χ1v) is 5.11. The van der Waals surface area contributed by atoms with Crippen LogP contribution in [-0.4, -0.2) is 24.6 Å². The Morgan fingerprint density at radius 2 is 1.82 bits per heavy atom. The van der Waals surface area contributed by atoms with E-state index in [1.165, 1.54) is 0 Å². The number of aliphatic hydroxyl groups is 1. The van der Waals surface area contributed by atoms with E-state index in [0.717, 1.165) is 11.1 Å². The Labute approximate surface area is 115 Å². The molecule has 0 aliphatic heterocycles. The SMILES string of the molecule is CNNCC(=O)NCc1ccc(CO)cc1.[W]. The molecule has 0 saturated heterocycles. The molecule has 0 aromatic heterocycles. The molecule has 1 aromatic carbocycles. The van der Waals surface area contributed by atoms with Crippen LogP contribution in [-0.2, 0) is 39.0 Å². The molecule has 0 unspecified atom stereocenters. The van der Waals surface area contributed by atoms with Crippen molar-refractivity contribution in [2.75, 3.05) is 13.6 Å². The molecule has 5 nitrogen and oxygen atoms in total. The van der Waals surface area contributed by atoms with Crippen LogP contribution >= 0.6 is 0 Å². The van der Waals surface area contributed by atoms with E-state index in [1.54, 1.807) is 7.05 Å². The molecule has 0 atom stereocenters. The van der Waals surface area contributed by atoms with Crippen LogP contribution < -0.4 is 16.2 Å². The molecule has 0 aliphatic carbocycles. The monoisotopic (exact) mass is 407 g/mol. The summed E-state index contributed by atoms with van der Waals surface area (Å²) in [5, 5.41) is 11.6. The van der Waals surface area contributed by atoms with E-state index in [9.17, 15) is 4.79 Å². The van der Waals surface area contributed by atoms with E-state index in [1.807, 2.05) is 24.3 Å². The van der Waals surface area contributed by atoms with Gasteiger partial charge >= 0.3 is 0 Å². The molecule has 1 aromatic rings. The zero-order chi connectivity index (χ0) is 11.8. The van der Waals surface area contributed by atoms with Gasteiger partial charge in [0.15, 0.2) is 0 Å². The van der Waals surface area contributed by atoms with Crippen molar-refractivity contribution in [2.24, 2.45) is 0 Å². The van der Waals surface area contributed by atoms with Crippen molar-refractivity contribution in [1.82, 2.24) is 16.2 Å². The summed E-state index contributed by atoms with van der Waals surface area (Å²) in [6.45, 7) is 0.778. The van der Waals surface area contributed by atoms with Crippen LogP contribution in [0, 0.1) is 0 Å². The molecule has 0 aliphatic rings. The molecule has 0 bridgehead atoms. The molecular formula is C11H17N3O2W. The van der Waals surface area contributed by atoms with Gasteiger partial charge in [0.25, 0.3) is 0 Å². The fourth-order valence-corrected chi connectivity index (χ4v) is 1.19. The summed E-state index contributed by atoms with van der Waals surface area (Å²) in [5.74, 6) is -0.0689. The minimum Gasteiger partial charge on any atom is -0.392 e. The van der Waals surface area contributed by atoms with Crippen LogP contribution in [0.3, 0.4) is 0 Å². The summed E-state index contributed by atoms with van der Waals surface area (Å²) >= 11 is 0. The maximum absolute atomic E-state index is 11.2. The second kappa shape index (κ2) is 9.31. The van der Waals surface area contributed by atoms with Gasteiger partial charge in [0.1, 0.15) is 0 Å². The Bertz CT molecular complexity index is 330. The van der Waals surface area contributed by atoms with Crippen molar-refractivity contribution < 1.29 is 31.0 Å². The fourth-order valence-electron chi connectivity index (χ4n) is 1.19. The second-order valence-corrected chi connectivity index (χ2v) is 3.35. The molecule has 94 valence electrons. The van der Waals surface area contributed by atoms with Crippen molar-refractivity contribution in [3.8, 4) is 0 Å². The third kappa shape index (κ3) is 6.54. The van der Waals surface area contributed by atoms with E-state index in [2.05, 4.69) is 16.2 Å². The van der Waals surface area contributed by atoms with E-state index < -0.39 is 0 Å². The van der Waals surface area contributed by atoms with Crippen molar-refractivity contribution in [3.63, 3.8) is 0 Å².